The van der Waals surface area contributed by atoms with E-state index in [4.69, 9.17) is 16.3 Å². The average Bonchev–Trinajstić information content (AvgIpc) is 2.69. The van der Waals surface area contributed by atoms with Crippen LogP contribution >= 0.6 is 11.6 Å². The molecule has 6 nitrogen and oxygen atoms in total. The van der Waals surface area contributed by atoms with Crippen LogP contribution in [0.15, 0.2) is 53.4 Å². The van der Waals surface area contributed by atoms with Gasteiger partial charge in [0.05, 0.1) is 17.6 Å². The molecular formula is C19H21ClN2O4S. The van der Waals surface area contributed by atoms with Crippen molar-refractivity contribution in [2.24, 2.45) is 0 Å². The first-order valence-corrected chi connectivity index (χ1v) is 10.5. The van der Waals surface area contributed by atoms with Gasteiger partial charge in [-0.05, 0) is 42.0 Å². The van der Waals surface area contributed by atoms with Crippen LogP contribution in [0.25, 0.3) is 0 Å². The summed E-state index contributed by atoms with van der Waals surface area (Å²) >= 11 is 5.91. The number of nitrogens with zero attached hydrogens (tertiary/aromatic N) is 1. The van der Waals surface area contributed by atoms with Gasteiger partial charge in [0.25, 0.3) is 0 Å². The molecule has 2 aromatic carbocycles. The molecule has 1 aliphatic heterocycles. The Bertz CT molecular complexity index is 898. The highest BCUT2D eigenvalue weighted by molar-refractivity contribution is 7.89. The van der Waals surface area contributed by atoms with Gasteiger partial charge in [-0.15, -0.1) is 0 Å². The Labute approximate surface area is 164 Å². The highest BCUT2D eigenvalue weighted by atomic mass is 35.5. The zero-order chi connectivity index (χ0) is 19.4. The van der Waals surface area contributed by atoms with Gasteiger partial charge in [0.2, 0.25) is 15.9 Å². The fourth-order valence-electron chi connectivity index (χ4n) is 2.83. The summed E-state index contributed by atoms with van der Waals surface area (Å²) in [6.07, 6.45) is 0.0221. The number of hydrogen-bond donors (Lipinski definition) is 1. The van der Waals surface area contributed by atoms with Crippen LogP contribution in [0.2, 0.25) is 5.02 Å². The molecule has 0 aromatic heterocycles. The Kier molecular flexibility index (Phi) is 6.16. The predicted molar refractivity (Wildman–Crippen MR) is 104 cm³/mol. The number of sulfonamides is 1. The van der Waals surface area contributed by atoms with Crippen molar-refractivity contribution in [2.75, 3.05) is 25.0 Å². The van der Waals surface area contributed by atoms with Gasteiger partial charge in [0.1, 0.15) is 0 Å². The Morgan fingerprint density at radius 1 is 1.19 bits per heavy atom. The van der Waals surface area contributed by atoms with Crippen LogP contribution in [0, 0.1) is 0 Å². The molecule has 0 aliphatic carbocycles. The summed E-state index contributed by atoms with van der Waals surface area (Å²) in [5.74, 6) is -0.121. The van der Waals surface area contributed by atoms with E-state index >= 15 is 0 Å². The molecule has 1 saturated heterocycles. The Morgan fingerprint density at radius 3 is 2.48 bits per heavy atom. The van der Waals surface area contributed by atoms with E-state index in [1.54, 1.807) is 31.2 Å². The maximum Gasteiger partial charge on any atom is 0.243 e. The lowest BCUT2D eigenvalue weighted by Gasteiger charge is -2.32. The minimum absolute atomic E-state index is 0.121. The van der Waals surface area contributed by atoms with Gasteiger partial charge in [0.15, 0.2) is 0 Å². The number of carbonyl (C=O) groups is 1. The fraction of sp³-hybridized carbons (Fsp3) is 0.316. The van der Waals surface area contributed by atoms with Crippen LogP contribution in [-0.2, 0) is 19.6 Å². The van der Waals surface area contributed by atoms with Gasteiger partial charge in [-0.2, -0.15) is 4.31 Å². The van der Waals surface area contributed by atoms with Crippen LogP contribution in [0.5, 0.6) is 0 Å². The second-order valence-corrected chi connectivity index (χ2v) is 8.57. The number of benzene rings is 2. The average molecular weight is 409 g/mol. The summed E-state index contributed by atoms with van der Waals surface area (Å²) in [5.41, 5.74) is 1.46. The molecule has 1 atom stereocenters. The molecule has 144 valence electrons. The molecule has 27 heavy (non-hydrogen) atoms. The van der Waals surface area contributed by atoms with Gasteiger partial charge in [-0.25, -0.2) is 8.42 Å². The molecule has 1 heterocycles. The third kappa shape index (κ3) is 4.68. The molecule has 1 aliphatic rings. The third-order valence-corrected chi connectivity index (χ3v) is 6.50. The van der Waals surface area contributed by atoms with Crippen LogP contribution in [0.3, 0.4) is 0 Å². The minimum atomic E-state index is -3.65. The fourth-order valence-corrected chi connectivity index (χ4v) is 4.38. The van der Waals surface area contributed by atoms with E-state index in [9.17, 15) is 13.2 Å². The topological polar surface area (TPSA) is 75.7 Å². The van der Waals surface area contributed by atoms with Crippen molar-refractivity contribution in [2.45, 2.75) is 24.3 Å². The van der Waals surface area contributed by atoms with Crippen molar-refractivity contribution < 1.29 is 17.9 Å². The van der Waals surface area contributed by atoms with Crippen LogP contribution < -0.4 is 5.32 Å². The normalized spacial score (nSPS) is 18.2. The van der Waals surface area contributed by atoms with E-state index in [-0.39, 0.29) is 23.5 Å². The highest BCUT2D eigenvalue weighted by Gasteiger charge is 2.31. The second kappa shape index (κ2) is 8.39. The molecule has 0 bridgehead atoms. The molecule has 0 unspecified atom stereocenters. The summed E-state index contributed by atoms with van der Waals surface area (Å²) in [7, 11) is -3.65. The number of hydrogen-bond acceptors (Lipinski definition) is 4. The summed E-state index contributed by atoms with van der Waals surface area (Å²) in [5, 5.41) is 3.32. The third-order valence-electron chi connectivity index (χ3n) is 4.37. The quantitative estimate of drug-likeness (QED) is 0.822. The van der Waals surface area contributed by atoms with Gasteiger partial charge in [-0.1, -0.05) is 30.7 Å². The molecule has 0 radical (unpaired) electrons. The number of anilines is 1. The number of nitrogens with one attached hydrogen (secondary N) is 1. The molecule has 2 aromatic rings. The monoisotopic (exact) mass is 408 g/mol. The summed E-state index contributed by atoms with van der Waals surface area (Å²) in [6, 6.07) is 13.4. The van der Waals surface area contributed by atoms with Gasteiger partial charge in [0, 0.05) is 30.2 Å². The first-order valence-electron chi connectivity index (χ1n) is 8.67. The number of rotatable bonds is 5. The summed E-state index contributed by atoms with van der Waals surface area (Å²) in [4.78, 5) is 11.6. The Morgan fingerprint density at radius 2 is 1.85 bits per heavy atom. The molecular weight excluding hydrogens is 388 g/mol. The zero-order valence-corrected chi connectivity index (χ0v) is 16.5. The minimum Gasteiger partial charge on any atom is -0.371 e. The van der Waals surface area contributed by atoms with E-state index in [1.807, 2.05) is 12.1 Å². The van der Waals surface area contributed by atoms with Gasteiger partial charge in [-0.3, -0.25) is 4.79 Å². The molecule has 1 amide bonds. The maximum atomic E-state index is 13.0. The Balaban J connectivity index is 1.75. The van der Waals surface area contributed by atoms with Crippen molar-refractivity contribution in [3.8, 4) is 0 Å². The molecule has 3 rings (SSSR count). The number of morpholine rings is 1. The number of ether oxygens (including phenoxy) is 1. The van der Waals surface area contributed by atoms with Crippen molar-refractivity contribution in [3.63, 3.8) is 0 Å². The number of halogens is 1. The molecule has 1 fully saturated rings. The van der Waals surface area contributed by atoms with E-state index < -0.39 is 10.0 Å². The van der Waals surface area contributed by atoms with Crippen molar-refractivity contribution in [3.05, 3.63) is 59.1 Å². The smallest absolute Gasteiger partial charge is 0.243 e. The summed E-state index contributed by atoms with van der Waals surface area (Å²) < 4.78 is 33.1. The summed E-state index contributed by atoms with van der Waals surface area (Å²) in [6.45, 7) is 2.60. The lowest BCUT2D eigenvalue weighted by molar-refractivity contribution is -0.115. The molecule has 8 heteroatoms. The Hall–Kier alpha value is -1.93. The van der Waals surface area contributed by atoms with E-state index in [0.29, 0.717) is 30.3 Å². The maximum absolute atomic E-state index is 13.0. The molecule has 0 saturated carbocycles. The highest BCUT2D eigenvalue weighted by Crippen LogP contribution is 2.27. The largest absolute Gasteiger partial charge is 0.371 e. The van der Waals surface area contributed by atoms with Crippen molar-refractivity contribution in [1.29, 1.82) is 0 Å². The second-order valence-electron chi connectivity index (χ2n) is 6.20. The molecule has 0 spiro atoms. The van der Waals surface area contributed by atoms with Gasteiger partial charge >= 0.3 is 0 Å². The van der Waals surface area contributed by atoms with Gasteiger partial charge < -0.3 is 10.1 Å². The number of carbonyl (C=O) groups excluding carboxylic acids is 1. The standard InChI is InChI=1S/C19H21ClN2O4S/c1-2-19(23)21-16-7-9-17(10-8-16)27(24,25)22-11-12-26-18(13-22)14-3-5-15(20)6-4-14/h3-10,18H,2,11-13H2,1H3,(H,21,23)/t18-/m1/s1. The first-order chi connectivity index (χ1) is 12.9. The van der Waals surface area contributed by atoms with E-state index in [0.717, 1.165) is 5.56 Å². The number of amides is 1. The molecule has 1 N–H and O–H groups in total. The lowest BCUT2D eigenvalue weighted by Crippen LogP contribution is -2.42. The zero-order valence-electron chi connectivity index (χ0n) is 14.9. The van der Waals surface area contributed by atoms with Crippen LogP contribution in [-0.4, -0.2) is 38.3 Å². The first kappa shape index (κ1) is 19.8. The van der Waals surface area contributed by atoms with Crippen LogP contribution in [0.4, 0.5) is 5.69 Å². The van der Waals surface area contributed by atoms with E-state index in [2.05, 4.69) is 5.32 Å². The van der Waals surface area contributed by atoms with E-state index in [1.165, 1.54) is 16.4 Å². The van der Waals surface area contributed by atoms with Crippen molar-refractivity contribution in [1.82, 2.24) is 4.31 Å². The predicted octanol–water partition coefficient (Wildman–Crippen LogP) is 3.45. The van der Waals surface area contributed by atoms with Crippen LogP contribution in [0.1, 0.15) is 25.0 Å². The van der Waals surface area contributed by atoms with Crippen molar-refractivity contribution >= 4 is 33.2 Å². The SMILES string of the molecule is CCC(=O)Nc1ccc(S(=O)(=O)N2CCO[C@@H](c3ccc(Cl)cc3)C2)cc1. The lowest BCUT2D eigenvalue weighted by atomic mass is 10.1.